The van der Waals surface area contributed by atoms with Crippen LogP contribution >= 0.6 is 11.8 Å². The molecule has 0 saturated heterocycles. The average Bonchev–Trinajstić information content (AvgIpc) is 2.89. The van der Waals surface area contributed by atoms with Crippen molar-refractivity contribution in [1.82, 2.24) is 5.32 Å². The molecule has 0 aliphatic carbocycles. The first kappa shape index (κ1) is 16.9. The summed E-state index contributed by atoms with van der Waals surface area (Å²) in [6.45, 7) is 1.09. The predicted molar refractivity (Wildman–Crippen MR) is 70.9 cm³/mol. The molecule has 1 aromatic rings. The van der Waals surface area contributed by atoms with Gasteiger partial charge >= 0.3 is 0 Å². The summed E-state index contributed by atoms with van der Waals surface area (Å²) in [5.74, 6) is -2.38. The molecule has 0 saturated carbocycles. The van der Waals surface area contributed by atoms with E-state index in [1.165, 1.54) is 12.1 Å². The van der Waals surface area contributed by atoms with E-state index >= 15 is 0 Å². The van der Waals surface area contributed by atoms with Gasteiger partial charge in [-0.25, -0.2) is 0 Å². The van der Waals surface area contributed by atoms with Crippen LogP contribution in [0.5, 0.6) is 0 Å². The fourth-order valence-electron chi connectivity index (χ4n) is 1.35. The van der Waals surface area contributed by atoms with Gasteiger partial charge in [0, 0.05) is 13.2 Å². The number of thioether (sulfide) groups is 1. The number of hydrogen-bond donors (Lipinski definition) is 2. The highest BCUT2D eigenvalue weighted by molar-refractivity contribution is 7.98. The highest BCUT2D eigenvalue weighted by Crippen LogP contribution is 2.21. The van der Waals surface area contributed by atoms with Crippen LogP contribution in [0, 0.1) is 0 Å². The Bertz CT molecular complexity index is 401. The van der Waals surface area contributed by atoms with Crippen molar-refractivity contribution in [2.45, 2.75) is 17.9 Å². The Labute approximate surface area is 119 Å². The van der Waals surface area contributed by atoms with E-state index in [0.29, 0.717) is 37.1 Å². The number of hydrogen-bond acceptors (Lipinski definition) is 5. The Morgan fingerprint density at radius 2 is 2.25 bits per heavy atom. The first-order valence-electron chi connectivity index (χ1n) is 6.08. The molecule has 1 heterocycles. The van der Waals surface area contributed by atoms with Crippen molar-refractivity contribution < 1.29 is 27.8 Å². The number of furan rings is 1. The van der Waals surface area contributed by atoms with Gasteiger partial charge in [-0.05, 0) is 18.6 Å². The molecule has 114 valence electrons. The fraction of sp³-hybridized carbons (Fsp3) is 0.583. The van der Waals surface area contributed by atoms with Crippen LogP contribution in [0.3, 0.4) is 0 Å². The first-order chi connectivity index (χ1) is 9.63. The van der Waals surface area contributed by atoms with Crippen LogP contribution in [-0.4, -0.2) is 43.1 Å². The predicted octanol–water partition coefficient (Wildman–Crippen LogP) is 1.86. The maximum atomic E-state index is 12.0. The van der Waals surface area contributed by atoms with Crippen LogP contribution in [0.1, 0.15) is 22.7 Å². The van der Waals surface area contributed by atoms with E-state index in [0.717, 1.165) is 0 Å². The molecule has 20 heavy (non-hydrogen) atoms. The quantitative estimate of drug-likeness (QED) is 0.646. The number of nitrogens with one attached hydrogen (secondary N) is 1. The van der Waals surface area contributed by atoms with Crippen LogP contribution in [0.2, 0.25) is 0 Å². The first-order valence-corrected chi connectivity index (χ1v) is 7.13. The normalized spacial score (nSPS) is 11.0. The number of aliphatic hydroxyl groups excluding tert-OH is 1. The fourth-order valence-corrected chi connectivity index (χ4v) is 1.80. The molecule has 8 heteroatoms. The molecule has 0 aliphatic heterocycles. The number of alkyl halides is 2. The topological polar surface area (TPSA) is 71.7 Å². The second-order valence-corrected chi connectivity index (χ2v) is 4.76. The van der Waals surface area contributed by atoms with Crippen molar-refractivity contribution in [2.75, 3.05) is 26.4 Å². The summed E-state index contributed by atoms with van der Waals surface area (Å²) < 4.78 is 34.2. The minimum Gasteiger partial charge on any atom is -0.455 e. The van der Waals surface area contributed by atoms with Crippen molar-refractivity contribution in [1.29, 1.82) is 0 Å². The number of amides is 1. The lowest BCUT2D eigenvalue weighted by Crippen LogP contribution is -2.24. The van der Waals surface area contributed by atoms with Crippen LogP contribution in [0.15, 0.2) is 16.5 Å². The summed E-state index contributed by atoms with van der Waals surface area (Å²) in [6, 6.07) is 2.97. The number of carbonyl (C=O) groups excluding carboxylic acids is 1. The molecule has 0 atom stereocenters. The Hall–Kier alpha value is -1.12. The number of ether oxygens (including phenoxy) is 1. The van der Waals surface area contributed by atoms with E-state index in [4.69, 9.17) is 14.3 Å². The highest BCUT2D eigenvalue weighted by Gasteiger charge is 2.12. The van der Waals surface area contributed by atoms with Gasteiger partial charge in [0.15, 0.2) is 5.76 Å². The largest absolute Gasteiger partial charge is 0.455 e. The third kappa shape index (κ3) is 6.88. The number of aliphatic hydroxyl groups is 1. The Balaban J connectivity index is 2.22. The number of carbonyl (C=O) groups is 1. The molecule has 1 aromatic heterocycles. The van der Waals surface area contributed by atoms with Gasteiger partial charge in [0.05, 0.1) is 19.0 Å². The molecular weight excluding hydrogens is 292 g/mol. The smallest absolute Gasteiger partial charge is 0.286 e. The zero-order valence-corrected chi connectivity index (χ0v) is 11.6. The summed E-state index contributed by atoms with van der Waals surface area (Å²) in [5, 5.41) is 11.1. The lowest BCUT2D eigenvalue weighted by Gasteiger charge is -2.04. The highest BCUT2D eigenvalue weighted by atomic mass is 32.2. The van der Waals surface area contributed by atoms with Crippen molar-refractivity contribution in [3.8, 4) is 0 Å². The second kappa shape index (κ2) is 9.73. The average molecular weight is 309 g/mol. The molecule has 0 aliphatic rings. The minimum absolute atomic E-state index is 0.0277. The molecule has 0 spiro atoms. The summed E-state index contributed by atoms with van der Waals surface area (Å²) in [5.41, 5.74) is 0. The Morgan fingerprint density at radius 1 is 1.45 bits per heavy atom. The lowest BCUT2D eigenvalue weighted by atomic mass is 10.4. The number of rotatable bonds is 10. The van der Waals surface area contributed by atoms with Crippen LogP contribution in [0.4, 0.5) is 8.78 Å². The van der Waals surface area contributed by atoms with E-state index < -0.39 is 5.76 Å². The van der Waals surface area contributed by atoms with Gasteiger partial charge in [-0.3, -0.25) is 4.79 Å². The molecule has 0 fully saturated rings. The summed E-state index contributed by atoms with van der Waals surface area (Å²) >= 11 is 0.443. The maximum Gasteiger partial charge on any atom is 0.286 e. The third-order valence-corrected chi connectivity index (χ3v) is 2.93. The molecular formula is C12H17F2NO4S. The van der Waals surface area contributed by atoms with Gasteiger partial charge < -0.3 is 19.6 Å². The van der Waals surface area contributed by atoms with Gasteiger partial charge in [0.1, 0.15) is 5.76 Å². The van der Waals surface area contributed by atoms with E-state index in [-0.39, 0.29) is 30.6 Å². The van der Waals surface area contributed by atoms with Gasteiger partial charge in [-0.15, -0.1) is 0 Å². The molecule has 0 unspecified atom stereocenters. The zero-order chi connectivity index (χ0) is 14.8. The van der Waals surface area contributed by atoms with Crippen LogP contribution < -0.4 is 5.32 Å². The summed E-state index contributed by atoms with van der Waals surface area (Å²) in [4.78, 5) is 11.6. The van der Waals surface area contributed by atoms with Crippen molar-refractivity contribution >= 4 is 17.7 Å². The molecule has 5 nitrogen and oxygen atoms in total. The van der Waals surface area contributed by atoms with E-state index in [2.05, 4.69) is 5.32 Å². The van der Waals surface area contributed by atoms with Gasteiger partial charge in [0.2, 0.25) is 0 Å². The van der Waals surface area contributed by atoms with Crippen LogP contribution in [-0.2, 0) is 10.5 Å². The molecule has 1 amide bonds. The molecule has 0 aromatic carbocycles. The molecule has 1 rings (SSSR count). The monoisotopic (exact) mass is 309 g/mol. The summed E-state index contributed by atoms with van der Waals surface area (Å²) in [6.07, 6.45) is 0.612. The third-order valence-electron chi connectivity index (χ3n) is 2.22. The van der Waals surface area contributed by atoms with Crippen molar-refractivity contribution in [3.05, 3.63) is 23.7 Å². The maximum absolute atomic E-state index is 12.0. The Morgan fingerprint density at radius 3 is 2.95 bits per heavy atom. The second-order valence-electron chi connectivity index (χ2n) is 3.78. The SMILES string of the molecule is O=C(NCCCOCCO)c1ccc(CSC(F)F)o1. The van der Waals surface area contributed by atoms with E-state index in [1.54, 1.807) is 0 Å². The van der Waals surface area contributed by atoms with Crippen molar-refractivity contribution in [3.63, 3.8) is 0 Å². The lowest BCUT2D eigenvalue weighted by molar-refractivity contribution is 0.0855. The zero-order valence-electron chi connectivity index (χ0n) is 10.8. The van der Waals surface area contributed by atoms with Crippen molar-refractivity contribution in [2.24, 2.45) is 0 Å². The van der Waals surface area contributed by atoms with Gasteiger partial charge in [-0.1, -0.05) is 11.8 Å². The van der Waals surface area contributed by atoms with Gasteiger partial charge in [-0.2, -0.15) is 8.78 Å². The molecule has 0 radical (unpaired) electrons. The van der Waals surface area contributed by atoms with Crippen LogP contribution in [0.25, 0.3) is 0 Å². The number of halogens is 2. The molecule has 2 N–H and O–H groups in total. The minimum atomic E-state index is -2.46. The van der Waals surface area contributed by atoms with Gasteiger partial charge in [0.25, 0.3) is 11.7 Å². The summed E-state index contributed by atoms with van der Waals surface area (Å²) in [7, 11) is 0. The van der Waals surface area contributed by atoms with E-state index in [9.17, 15) is 13.6 Å². The van der Waals surface area contributed by atoms with E-state index in [1.807, 2.05) is 0 Å². The Kier molecular flexibility index (Phi) is 8.24. The standard InChI is InChI=1S/C12H17F2NO4S/c13-12(14)20-8-9-2-3-10(19-9)11(17)15-4-1-6-18-7-5-16/h2-3,12,16H,1,4-8H2,(H,15,17). The molecule has 0 bridgehead atoms.